The molecule has 0 aliphatic heterocycles. The number of anilines is 2. The lowest BCUT2D eigenvalue weighted by atomic mass is 9.94. The van der Waals surface area contributed by atoms with Gasteiger partial charge < -0.3 is 5.32 Å². The third-order valence-corrected chi connectivity index (χ3v) is 3.50. The van der Waals surface area contributed by atoms with E-state index in [1.807, 2.05) is 32.1 Å². The minimum Gasteiger partial charge on any atom is -0.324 e. The summed E-state index contributed by atoms with van der Waals surface area (Å²) >= 11 is 5.93. The van der Waals surface area contributed by atoms with Gasteiger partial charge in [0.25, 0.3) is 0 Å². The molecule has 0 aliphatic carbocycles. The first-order chi connectivity index (χ1) is 11.8. The summed E-state index contributed by atoms with van der Waals surface area (Å²) in [6.07, 6.45) is -4.43. The fraction of sp³-hybridized carbons (Fsp3) is 0.0625. The van der Waals surface area contributed by atoms with Crippen LogP contribution in [0.3, 0.4) is 0 Å². The summed E-state index contributed by atoms with van der Waals surface area (Å²) < 4.78 is 38.4. The Balaban J connectivity index is 1.94. The Morgan fingerprint density at radius 3 is 2.44 bits per heavy atom. The second-order valence-electron chi connectivity index (χ2n) is 5.32. The molecule has 0 amide bonds. The zero-order valence-corrected chi connectivity index (χ0v) is 13.7. The van der Waals surface area contributed by atoms with Crippen LogP contribution in [0.2, 0.25) is 5.28 Å². The van der Waals surface area contributed by atoms with E-state index in [2.05, 4.69) is 20.3 Å². The Kier molecular flexibility index (Phi) is 4.63. The van der Waals surface area contributed by atoms with Crippen LogP contribution in [0.5, 0.6) is 0 Å². The summed E-state index contributed by atoms with van der Waals surface area (Å²) in [7, 11) is 1.92. The van der Waals surface area contributed by atoms with Gasteiger partial charge in [-0.2, -0.15) is 28.1 Å². The minimum atomic E-state index is -4.43. The Morgan fingerprint density at radius 1 is 0.960 bits per heavy atom. The summed E-state index contributed by atoms with van der Waals surface area (Å²) in [5.74, 6) is 0.397. The highest BCUT2D eigenvalue weighted by Crippen LogP contribution is 2.31. The summed E-state index contributed by atoms with van der Waals surface area (Å²) in [6, 6.07) is 12.2. The van der Waals surface area contributed by atoms with Crippen molar-refractivity contribution in [1.82, 2.24) is 15.0 Å². The first kappa shape index (κ1) is 17.2. The van der Waals surface area contributed by atoms with E-state index in [0.717, 1.165) is 23.2 Å². The van der Waals surface area contributed by atoms with Gasteiger partial charge in [0.05, 0.1) is 5.56 Å². The maximum Gasteiger partial charge on any atom is 0.416 e. The fourth-order valence-electron chi connectivity index (χ4n) is 2.22. The third-order valence-electron chi connectivity index (χ3n) is 3.33. The third kappa shape index (κ3) is 4.27. The lowest BCUT2D eigenvalue weighted by Gasteiger charge is -2.10. The molecule has 0 saturated carbocycles. The molecule has 126 valence electrons. The Hall–Kier alpha value is -2.61. The molecule has 0 atom stereocenters. The van der Waals surface area contributed by atoms with E-state index < -0.39 is 11.7 Å². The SMILES string of the molecule is Bc1cccc(-c2nc(Cl)nc(Nc3cccc(C(F)(F)F)c3)n2)c1. The molecular weight excluding hydrogens is 351 g/mol. The first-order valence-electron chi connectivity index (χ1n) is 7.24. The Labute approximate surface area is 147 Å². The molecule has 3 rings (SSSR count). The molecule has 25 heavy (non-hydrogen) atoms. The lowest BCUT2D eigenvalue weighted by Crippen LogP contribution is -2.07. The van der Waals surface area contributed by atoms with E-state index in [9.17, 15) is 13.2 Å². The molecule has 1 aromatic heterocycles. The maximum absolute atomic E-state index is 12.8. The zero-order valence-electron chi connectivity index (χ0n) is 13.0. The molecule has 0 radical (unpaired) electrons. The number of nitrogens with one attached hydrogen (secondary N) is 1. The van der Waals surface area contributed by atoms with Gasteiger partial charge in [-0.3, -0.25) is 0 Å². The van der Waals surface area contributed by atoms with Crippen molar-refractivity contribution in [3.05, 3.63) is 59.4 Å². The normalized spacial score (nSPS) is 11.4. The molecule has 0 bridgehead atoms. The van der Waals surface area contributed by atoms with Gasteiger partial charge >= 0.3 is 6.18 Å². The number of alkyl halides is 3. The van der Waals surface area contributed by atoms with Crippen molar-refractivity contribution in [1.29, 1.82) is 0 Å². The van der Waals surface area contributed by atoms with E-state index in [4.69, 9.17) is 11.6 Å². The zero-order chi connectivity index (χ0) is 18.0. The first-order valence-corrected chi connectivity index (χ1v) is 7.62. The molecule has 2 aromatic carbocycles. The predicted octanol–water partition coefficient (Wildman–Crippen LogP) is 3.21. The molecule has 0 aliphatic rings. The smallest absolute Gasteiger partial charge is 0.324 e. The minimum absolute atomic E-state index is 0.0546. The predicted molar refractivity (Wildman–Crippen MR) is 93.2 cm³/mol. The number of hydrogen-bond acceptors (Lipinski definition) is 4. The summed E-state index contributed by atoms with van der Waals surface area (Å²) in [5.41, 5.74) is 1.18. The van der Waals surface area contributed by atoms with E-state index in [-0.39, 0.29) is 16.9 Å². The monoisotopic (exact) mass is 362 g/mol. The van der Waals surface area contributed by atoms with Crippen molar-refractivity contribution in [2.75, 3.05) is 5.32 Å². The van der Waals surface area contributed by atoms with E-state index >= 15 is 0 Å². The van der Waals surface area contributed by atoms with E-state index in [0.29, 0.717) is 5.82 Å². The largest absolute Gasteiger partial charge is 0.416 e. The van der Waals surface area contributed by atoms with Crippen LogP contribution < -0.4 is 10.8 Å². The average Bonchev–Trinajstić information content (AvgIpc) is 2.54. The van der Waals surface area contributed by atoms with Crippen LogP contribution in [0.4, 0.5) is 24.8 Å². The fourth-order valence-corrected chi connectivity index (χ4v) is 2.38. The molecule has 1 N–H and O–H groups in total. The highest BCUT2D eigenvalue weighted by Gasteiger charge is 2.30. The van der Waals surface area contributed by atoms with Crippen molar-refractivity contribution in [2.24, 2.45) is 0 Å². The van der Waals surface area contributed by atoms with Crippen LogP contribution in [-0.2, 0) is 6.18 Å². The van der Waals surface area contributed by atoms with E-state index in [1.54, 1.807) is 0 Å². The van der Waals surface area contributed by atoms with Crippen LogP contribution in [0, 0.1) is 0 Å². The van der Waals surface area contributed by atoms with Crippen LogP contribution in [0.1, 0.15) is 5.56 Å². The molecule has 0 saturated heterocycles. The van der Waals surface area contributed by atoms with Crippen LogP contribution in [-0.4, -0.2) is 22.8 Å². The van der Waals surface area contributed by atoms with Crippen molar-refractivity contribution in [3.63, 3.8) is 0 Å². The van der Waals surface area contributed by atoms with Crippen LogP contribution >= 0.6 is 11.6 Å². The van der Waals surface area contributed by atoms with Gasteiger partial charge in [0, 0.05) is 11.3 Å². The van der Waals surface area contributed by atoms with E-state index in [1.165, 1.54) is 12.1 Å². The van der Waals surface area contributed by atoms with Gasteiger partial charge in [0.1, 0.15) is 7.85 Å². The Morgan fingerprint density at radius 2 is 1.72 bits per heavy atom. The molecule has 0 fully saturated rings. The number of nitrogens with zero attached hydrogens (tertiary/aromatic N) is 3. The van der Waals surface area contributed by atoms with Crippen molar-refractivity contribution >= 4 is 36.5 Å². The number of aromatic nitrogens is 3. The molecule has 0 unspecified atom stereocenters. The van der Waals surface area contributed by atoms with Crippen molar-refractivity contribution < 1.29 is 13.2 Å². The molecule has 4 nitrogen and oxygen atoms in total. The quantitative estimate of drug-likeness (QED) is 0.727. The maximum atomic E-state index is 12.8. The topological polar surface area (TPSA) is 50.7 Å². The van der Waals surface area contributed by atoms with Gasteiger partial charge in [0.15, 0.2) is 5.82 Å². The van der Waals surface area contributed by atoms with Gasteiger partial charge in [0.2, 0.25) is 11.2 Å². The molecule has 3 aromatic rings. The highest BCUT2D eigenvalue weighted by molar-refractivity contribution is 6.32. The molecule has 0 spiro atoms. The highest BCUT2D eigenvalue weighted by atomic mass is 35.5. The van der Waals surface area contributed by atoms with Crippen molar-refractivity contribution in [2.45, 2.75) is 6.18 Å². The number of halogens is 4. The second-order valence-corrected chi connectivity index (χ2v) is 5.66. The molecular formula is C16H11BClF3N4. The molecule has 1 heterocycles. The van der Waals surface area contributed by atoms with Gasteiger partial charge in [-0.25, -0.2) is 0 Å². The summed E-state index contributed by atoms with van der Waals surface area (Å²) in [5, 5.41) is 2.68. The summed E-state index contributed by atoms with van der Waals surface area (Å²) in [6.45, 7) is 0. The number of benzene rings is 2. The number of hydrogen-bond donors (Lipinski definition) is 1. The van der Waals surface area contributed by atoms with Gasteiger partial charge in [-0.05, 0) is 29.8 Å². The number of rotatable bonds is 3. The molecule has 9 heteroatoms. The standard InChI is InChI=1S/C16H11BClF3N4/c17-11-5-1-3-9(7-11)13-23-14(18)25-15(24-13)22-12-6-2-4-10(8-12)16(19,20)21/h1-8H,17H2,(H,22,23,24,25). The van der Waals surface area contributed by atoms with Gasteiger partial charge in [-0.1, -0.05) is 35.8 Å². The van der Waals surface area contributed by atoms with Crippen molar-refractivity contribution in [3.8, 4) is 11.4 Å². The average molecular weight is 363 g/mol. The second kappa shape index (κ2) is 6.72. The lowest BCUT2D eigenvalue weighted by molar-refractivity contribution is -0.137. The van der Waals surface area contributed by atoms with Crippen LogP contribution in [0.15, 0.2) is 48.5 Å². The Bertz CT molecular complexity index is 918. The van der Waals surface area contributed by atoms with Gasteiger partial charge in [-0.15, -0.1) is 0 Å². The van der Waals surface area contributed by atoms with Crippen LogP contribution in [0.25, 0.3) is 11.4 Å². The summed E-state index contributed by atoms with van der Waals surface area (Å²) in [4.78, 5) is 12.2.